The lowest BCUT2D eigenvalue weighted by Crippen LogP contribution is -2.13. The molecule has 1 aliphatic rings. The lowest BCUT2D eigenvalue weighted by Gasteiger charge is -2.09. The van der Waals surface area contributed by atoms with Gasteiger partial charge in [0.1, 0.15) is 0 Å². The third-order valence-corrected chi connectivity index (χ3v) is 4.46. The van der Waals surface area contributed by atoms with Crippen molar-refractivity contribution in [2.45, 2.75) is 50.2 Å². The molecule has 1 aromatic carbocycles. The Labute approximate surface area is 121 Å². The predicted octanol–water partition coefficient (Wildman–Crippen LogP) is 3.85. The molecule has 0 radical (unpaired) electrons. The van der Waals surface area contributed by atoms with E-state index in [2.05, 4.69) is 36.5 Å². The summed E-state index contributed by atoms with van der Waals surface area (Å²) in [7, 11) is 0. The normalized spacial score (nSPS) is 18.9. The standard InChI is InChI=1S/C16H25NOS/c1-2-10-17-13-14-5-7-16(8-6-14)19-12-9-15-4-3-11-18-15/h5-8,15,17H,2-4,9-13H2,1H3. The second kappa shape index (κ2) is 8.62. The van der Waals surface area contributed by atoms with Crippen molar-refractivity contribution in [2.75, 3.05) is 18.9 Å². The summed E-state index contributed by atoms with van der Waals surface area (Å²) >= 11 is 1.94. The van der Waals surface area contributed by atoms with Crippen molar-refractivity contribution in [3.05, 3.63) is 29.8 Å². The van der Waals surface area contributed by atoms with Gasteiger partial charge in [0.15, 0.2) is 0 Å². The lowest BCUT2D eigenvalue weighted by atomic mass is 10.2. The van der Waals surface area contributed by atoms with Gasteiger partial charge in [-0.25, -0.2) is 0 Å². The van der Waals surface area contributed by atoms with E-state index < -0.39 is 0 Å². The van der Waals surface area contributed by atoms with Crippen molar-refractivity contribution < 1.29 is 4.74 Å². The van der Waals surface area contributed by atoms with Crippen molar-refractivity contribution in [1.82, 2.24) is 5.32 Å². The summed E-state index contributed by atoms with van der Waals surface area (Å²) in [4.78, 5) is 1.37. The van der Waals surface area contributed by atoms with Crippen LogP contribution in [0.5, 0.6) is 0 Å². The van der Waals surface area contributed by atoms with E-state index in [0.29, 0.717) is 6.10 Å². The van der Waals surface area contributed by atoms with Crippen LogP contribution in [0.4, 0.5) is 0 Å². The molecule has 1 atom stereocenters. The highest BCUT2D eigenvalue weighted by Crippen LogP contribution is 2.23. The largest absolute Gasteiger partial charge is 0.378 e. The second-order valence-electron chi connectivity index (χ2n) is 5.09. The van der Waals surface area contributed by atoms with E-state index in [4.69, 9.17) is 4.74 Å². The van der Waals surface area contributed by atoms with E-state index in [0.717, 1.165) is 25.4 Å². The summed E-state index contributed by atoms with van der Waals surface area (Å²) in [5.74, 6) is 1.16. The van der Waals surface area contributed by atoms with Crippen LogP contribution in [0.15, 0.2) is 29.2 Å². The Balaban J connectivity index is 1.66. The minimum atomic E-state index is 0.519. The number of hydrogen-bond acceptors (Lipinski definition) is 3. The molecule has 0 aliphatic carbocycles. The van der Waals surface area contributed by atoms with Crippen molar-refractivity contribution in [3.8, 4) is 0 Å². The number of nitrogens with one attached hydrogen (secondary N) is 1. The minimum Gasteiger partial charge on any atom is -0.378 e. The summed E-state index contributed by atoms with van der Waals surface area (Å²) in [5.41, 5.74) is 1.37. The molecule has 0 saturated carbocycles. The van der Waals surface area contributed by atoms with Crippen LogP contribution in [0.25, 0.3) is 0 Å². The Morgan fingerprint density at radius 2 is 2.16 bits per heavy atom. The molecule has 1 fully saturated rings. The molecule has 3 heteroatoms. The third-order valence-electron chi connectivity index (χ3n) is 3.41. The van der Waals surface area contributed by atoms with Crippen molar-refractivity contribution in [1.29, 1.82) is 0 Å². The fourth-order valence-corrected chi connectivity index (χ4v) is 3.24. The van der Waals surface area contributed by atoms with Gasteiger partial charge < -0.3 is 10.1 Å². The van der Waals surface area contributed by atoms with Gasteiger partial charge in [-0.2, -0.15) is 0 Å². The van der Waals surface area contributed by atoms with Gasteiger partial charge in [0, 0.05) is 23.8 Å². The maximum absolute atomic E-state index is 5.64. The van der Waals surface area contributed by atoms with E-state index in [9.17, 15) is 0 Å². The highest BCUT2D eigenvalue weighted by Gasteiger charge is 2.14. The molecule has 1 aromatic rings. The molecular weight excluding hydrogens is 254 g/mol. The van der Waals surface area contributed by atoms with Gasteiger partial charge in [-0.15, -0.1) is 11.8 Å². The molecule has 1 aliphatic heterocycles. The van der Waals surface area contributed by atoms with Gasteiger partial charge in [-0.05, 0) is 49.9 Å². The first-order chi connectivity index (χ1) is 9.38. The first kappa shape index (κ1) is 14.9. The van der Waals surface area contributed by atoms with Gasteiger partial charge in [0.2, 0.25) is 0 Å². The van der Waals surface area contributed by atoms with E-state index in [1.54, 1.807) is 0 Å². The molecule has 1 N–H and O–H groups in total. The topological polar surface area (TPSA) is 21.3 Å². The molecule has 2 rings (SSSR count). The van der Waals surface area contributed by atoms with Crippen LogP contribution in [0.2, 0.25) is 0 Å². The predicted molar refractivity (Wildman–Crippen MR) is 82.8 cm³/mol. The van der Waals surface area contributed by atoms with Crippen LogP contribution >= 0.6 is 11.8 Å². The maximum atomic E-state index is 5.64. The summed E-state index contributed by atoms with van der Waals surface area (Å²) < 4.78 is 5.64. The summed E-state index contributed by atoms with van der Waals surface area (Å²) in [6.45, 7) is 5.24. The van der Waals surface area contributed by atoms with E-state index in [1.165, 1.54) is 36.1 Å². The van der Waals surface area contributed by atoms with Crippen molar-refractivity contribution in [2.24, 2.45) is 0 Å². The first-order valence-corrected chi connectivity index (χ1v) is 8.41. The van der Waals surface area contributed by atoms with Crippen LogP contribution in [0.1, 0.15) is 38.2 Å². The van der Waals surface area contributed by atoms with Crippen LogP contribution < -0.4 is 5.32 Å². The summed E-state index contributed by atoms with van der Waals surface area (Å²) in [6, 6.07) is 8.94. The third kappa shape index (κ3) is 5.55. The van der Waals surface area contributed by atoms with Gasteiger partial charge in [-0.3, -0.25) is 0 Å². The van der Waals surface area contributed by atoms with E-state index in [1.807, 2.05) is 11.8 Å². The van der Waals surface area contributed by atoms with Crippen LogP contribution in [-0.2, 0) is 11.3 Å². The van der Waals surface area contributed by atoms with Crippen LogP contribution in [0.3, 0.4) is 0 Å². The molecule has 0 amide bonds. The molecule has 0 spiro atoms. The number of rotatable bonds is 8. The van der Waals surface area contributed by atoms with Gasteiger partial charge >= 0.3 is 0 Å². The highest BCUT2D eigenvalue weighted by molar-refractivity contribution is 7.99. The Morgan fingerprint density at radius 1 is 1.32 bits per heavy atom. The summed E-state index contributed by atoms with van der Waals surface area (Å²) in [6.07, 6.45) is 5.39. The number of hydrogen-bond donors (Lipinski definition) is 1. The SMILES string of the molecule is CCCNCc1ccc(SCCC2CCCO2)cc1. The molecule has 2 nitrogen and oxygen atoms in total. The zero-order valence-corrected chi connectivity index (χ0v) is 12.7. The fourth-order valence-electron chi connectivity index (χ4n) is 2.29. The van der Waals surface area contributed by atoms with E-state index >= 15 is 0 Å². The Morgan fingerprint density at radius 3 is 2.84 bits per heavy atom. The first-order valence-electron chi connectivity index (χ1n) is 7.42. The Kier molecular flexibility index (Phi) is 6.75. The zero-order chi connectivity index (χ0) is 13.3. The second-order valence-corrected chi connectivity index (χ2v) is 6.26. The number of benzene rings is 1. The monoisotopic (exact) mass is 279 g/mol. The van der Waals surface area contributed by atoms with Gasteiger partial charge in [0.05, 0.1) is 6.10 Å². The molecule has 1 saturated heterocycles. The van der Waals surface area contributed by atoms with Gasteiger partial charge in [-0.1, -0.05) is 19.1 Å². The Hall–Kier alpha value is -0.510. The molecule has 1 unspecified atom stereocenters. The smallest absolute Gasteiger partial charge is 0.0584 e. The molecule has 106 valence electrons. The summed E-state index contributed by atoms with van der Waals surface area (Å²) in [5, 5.41) is 3.43. The fraction of sp³-hybridized carbons (Fsp3) is 0.625. The minimum absolute atomic E-state index is 0.519. The lowest BCUT2D eigenvalue weighted by molar-refractivity contribution is 0.109. The molecule has 0 bridgehead atoms. The molecular formula is C16H25NOS. The van der Waals surface area contributed by atoms with Crippen LogP contribution in [0, 0.1) is 0 Å². The molecule has 19 heavy (non-hydrogen) atoms. The molecule has 0 aromatic heterocycles. The van der Waals surface area contributed by atoms with Crippen molar-refractivity contribution in [3.63, 3.8) is 0 Å². The van der Waals surface area contributed by atoms with E-state index in [-0.39, 0.29) is 0 Å². The average Bonchev–Trinajstić information content (AvgIpc) is 2.94. The number of ether oxygens (including phenoxy) is 1. The molecule has 1 heterocycles. The van der Waals surface area contributed by atoms with Crippen LogP contribution in [-0.4, -0.2) is 25.0 Å². The average molecular weight is 279 g/mol. The quantitative estimate of drug-likeness (QED) is 0.577. The number of thioether (sulfide) groups is 1. The van der Waals surface area contributed by atoms with Gasteiger partial charge in [0.25, 0.3) is 0 Å². The maximum Gasteiger partial charge on any atom is 0.0584 e. The Bertz CT molecular complexity index is 346. The highest BCUT2D eigenvalue weighted by atomic mass is 32.2. The van der Waals surface area contributed by atoms with Crippen molar-refractivity contribution >= 4 is 11.8 Å². The zero-order valence-electron chi connectivity index (χ0n) is 11.9.